The van der Waals surface area contributed by atoms with E-state index in [-0.39, 0.29) is 24.3 Å². The summed E-state index contributed by atoms with van der Waals surface area (Å²) in [7, 11) is -11.3. The smallest absolute Gasteiger partial charge is 0.196 e. The van der Waals surface area contributed by atoms with Crippen LogP contribution in [0.3, 0.4) is 0 Å². The highest BCUT2D eigenvalue weighted by molar-refractivity contribution is 8.37. The minimum absolute atomic E-state index is 0.0333. The third kappa shape index (κ3) is 3.73. The molecular weight excluding hydrogens is 418 g/mol. The normalized spacial score (nSPS) is 23.1. The molecule has 0 fully saturated rings. The number of hydrogen-bond acceptors (Lipinski definition) is 3. The van der Waals surface area contributed by atoms with Crippen molar-refractivity contribution in [3.05, 3.63) is 34.2 Å². The van der Waals surface area contributed by atoms with Gasteiger partial charge in [0.1, 0.15) is 0 Å². The van der Waals surface area contributed by atoms with E-state index >= 15 is 0 Å². The highest BCUT2D eigenvalue weighted by Gasteiger charge is 2.63. The van der Waals surface area contributed by atoms with Gasteiger partial charge in [0.25, 0.3) is 0 Å². The fourth-order valence-electron chi connectivity index (χ4n) is 2.73. The molecule has 0 bridgehead atoms. The van der Waals surface area contributed by atoms with Crippen molar-refractivity contribution in [3.63, 3.8) is 0 Å². The largest absolute Gasteiger partial charge is 0.523 e. The molecule has 11 heteroatoms. The Bertz CT molecular complexity index is 856. The lowest BCUT2D eigenvalue weighted by Gasteiger charge is -2.39. The number of alkyl halides is 6. The average molecular weight is 436 g/mol. The molecule has 0 amide bonds. The zero-order valence-electron chi connectivity index (χ0n) is 14.6. The van der Waals surface area contributed by atoms with Gasteiger partial charge in [0, 0.05) is 20.1 Å². The summed E-state index contributed by atoms with van der Waals surface area (Å²) in [5.41, 5.74) is -10.6. The summed E-state index contributed by atoms with van der Waals surface area (Å²) in [6, 6.07) is 3.81. The van der Waals surface area contributed by atoms with E-state index in [1.807, 2.05) is 13.8 Å². The Morgan fingerprint density at radius 3 is 2.15 bits per heavy atom. The standard InChI is InChI=1S/C16H18F6O3S2/c1-4-5-13-9-12-8-11(10(2)3)6-7-14(12)26(13,15(17,18)19)25-27(23,24)16(20,21)22/h6-10H,4-5H2,1-3H3. The van der Waals surface area contributed by atoms with Crippen LogP contribution in [0.15, 0.2) is 28.0 Å². The lowest BCUT2D eigenvalue weighted by Crippen LogP contribution is -2.32. The van der Waals surface area contributed by atoms with Crippen molar-refractivity contribution in [2.75, 3.05) is 0 Å². The first-order chi connectivity index (χ1) is 12.2. The number of rotatable bonds is 5. The highest BCUT2D eigenvalue weighted by Crippen LogP contribution is 2.78. The minimum Gasteiger partial charge on any atom is -0.196 e. The van der Waals surface area contributed by atoms with Crippen LogP contribution in [0.2, 0.25) is 0 Å². The molecule has 0 aliphatic carbocycles. The molecule has 1 unspecified atom stereocenters. The predicted molar refractivity (Wildman–Crippen MR) is 91.4 cm³/mol. The summed E-state index contributed by atoms with van der Waals surface area (Å²) >= 11 is 0. The monoisotopic (exact) mass is 436 g/mol. The Morgan fingerprint density at radius 1 is 1.11 bits per heavy atom. The molecule has 0 radical (unpaired) electrons. The highest BCUT2D eigenvalue weighted by atomic mass is 32.3. The maximum Gasteiger partial charge on any atom is 0.523 e. The first-order valence-electron chi connectivity index (χ1n) is 7.94. The zero-order chi connectivity index (χ0) is 20.8. The lowest BCUT2D eigenvalue weighted by molar-refractivity contribution is -0.0546. The predicted octanol–water partition coefficient (Wildman–Crippen LogP) is 6.43. The molecule has 3 nitrogen and oxygen atoms in total. The van der Waals surface area contributed by atoms with E-state index in [0.29, 0.717) is 5.56 Å². The van der Waals surface area contributed by atoms with Gasteiger partial charge in [-0.1, -0.05) is 39.3 Å². The van der Waals surface area contributed by atoms with Gasteiger partial charge in [-0.25, -0.2) is 0 Å². The molecule has 0 saturated carbocycles. The number of benzene rings is 1. The van der Waals surface area contributed by atoms with Gasteiger partial charge in [0.2, 0.25) is 0 Å². The first kappa shape index (κ1) is 22.1. The quantitative estimate of drug-likeness (QED) is 0.395. The zero-order valence-corrected chi connectivity index (χ0v) is 16.2. The Hall–Kier alpha value is -1.20. The maximum atomic E-state index is 14.1. The van der Waals surface area contributed by atoms with E-state index in [2.05, 4.69) is 3.63 Å². The molecule has 0 spiro atoms. The van der Waals surface area contributed by atoms with Crippen LogP contribution >= 0.6 is 10.3 Å². The summed E-state index contributed by atoms with van der Waals surface area (Å²) in [4.78, 5) is -1.06. The van der Waals surface area contributed by atoms with Gasteiger partial charge in [0.05, 0.1) is 0 Å². The van der Waals surface area contributed by atoms with Gasteiger partial charge in [-0.05, 0) is 35.6 Å². The second kappa shape index (κ2) is 7.00. The molecule has 0 N–H and O–H groups in total. The van der Waals surface area contributed by atoms with Gasteiger partial charge in [-0.15, -0.1) is 0 Å². The number of hydrogen-bond donors (Lipinski definition) is 0. The summed E-state index contributed by atoms with van der Waals surface area (Å²) in [6.45, 7) is 5.16. The van der Waals surface area contributed by atoms with Crippen LogP contribution in [0.4, 0.5) is 26.3 Å². The Morgan fingerprint density at radius 2 is 1.70 bits per heavy atom. The van der Waals surface area contributed by atoms with Crippen molar-refractivity contribution in [2.45, 2.75) is 55.4 Å². The molecule has 27 heavy (non-hydrogen) atoms. The van der Waals surface area contributed by atoms with E-state index in [4.69, 9.17) is 0 Å². The van der Waals surface area contributed by atoms with Gasteiger partial charge in [-0.3, -0.25) is 0 Å². The summed E-state index contributed by atoms with van der Waals surface area (Å²) in [5, 5.41) is 0. The Balaban J connectivity index is 2.78. The molecule has 154 valence electrons. The summed E-state index contributed by atoms with van der Waals surface area (Å²) in [6.07, 6.45) is 1.05. The van der Waals surface area contributed by atoms with Gasteiger partial charge in [-0.2, -0.15) is 38.4 Å². The lowest BCUT2D eigenvalue weighted by atomic mass is 10.0. The topological polar surface area (TPSA) is 43.4 Å². The fraction of sp³-hybridized carbons (Fsp3) is 0.500. The van der Waals surface area contributed by atoms with Gasteiger partial charge in [0.15, 0.2) is 0 Å². The molecule has 1 aromatic carbocycles. The van der Waals surface area contributed by atoms with Crippen LogP contribution in [0.1, 0.15) is 50.7 Å². The van der Waals surface area contributed by atoms with Crippen LogP contribution in [-0.2, 0) is 13.7 Å². The summed E-state index contributed by atoms with van der Waals surface area (Å²) < 4.78 is 108. The third-order valence-electron chi connectivity index (χ3n) is 3.99. The van der Waals surface area contributed by atoms with Crippen molar-refractivity contribution in [1.82, 2.24) is 0 Å². The Kier molecular flexibility index (Phi) is 5.73. The third-order valence-corrected chi connectivity index (χ3v) is 8.80. The molecule has 0 saturated heterocycles. The second-order valence-corrected chi connectivity index (χ2v) is 10.7. The van der Waals surface area contributed by atoms with Crippen LogP contribution in [-0.4, -0.2) is 19.4 Å². The first-order valence-corrected chi connectivity index (χ1v) is 10.9. The van der Waals surface area contributed by atoms with Crippen LogP contribution in [0.5, 0.6) is 0 Å². The fourth-order valence-corrected chi connectivity index (χ4v) is 7.38. The van der Waals surface area contributed by atoms with E-state index in [1.165, 1.54) is 12.1 Å². The van der Waals surface area contributed by atoms with Crippen molar-refractivity contribution in [3.8, 4) is 0 Å². The van der Waals surface area contributed by atoms with Crippen molar-refractivity contribution < 1.29 is 38.4 Å². The average Bonchev–Trinajstić information content (AvgIpc) is 2.79. The maximum absolute atomic E-state index is 14.1. The van der Waals surface area contributed by atoms with Crippen LogP contribution in [0, 0.1) is 0 Å². The molecule has 1 atom stereocenters. The van der Waals surface area contributed by atoms with E-state index in [9.17, 15) is 34.8 Å². The van der Waals surface area contributed by atoms with E-state index in [1.54, 1.807) is 6.92 Å². The molecule has 1 aliphatic heterocycles. The van der Waals surface area contributed by atoms with E-state index < -0.39 is 41.2 Å². The van der Waals surface area contributed by atoms with Crippen LogP contribution in [0.25, 0.3) is 6.08 Å². The number of halogens is 6. The van der Waals surface area contributed by atoms with Gasteiger partial charge >= 0.3 is 21.1 Å². The molecule has 0 aromatic heterocycles. The van der Waals surface area contributed by atoms with Crippen molar-refractivity contribution >= 4 is 26.5 Å². The molecule has 1 aromatic rings. The van der Waals surface area contributed by atoms with Gasteiger partial charge < -0.3 is 0 Å². The molecular formula is C16H18F6O3S2. The Labute approximate surface area is 155 Å². The molecule has 2 rings (SSSR count). The second-order valence-electron chi connectivity index (χ2n) is 6.28. The van der Waals surface area contributed by atoms with E-state index in [0.717, 1.165) is 12.1 Å². The summed E-state index contributed by atoms with van der Waals surface area (Å²) in [5.74, 6) is -0.0333. The minimum atomic E-state index is -6.47. The SMILES string of the molecule is CCCC1=Cc2cc(C(C)C)ccc2S1(OS(=O)(=O)C(F)(F)F)C(F)(F)F. The number of allylic oxidation sites excluding steroid dienone is 1. The van der Waals surface area contributed by atoms with Crippen molar-refractivity contribution in [1.29, 1.82) is 0 Å². The number of fused-ring (bicyclic) bond motifs is 1. The van der Waals surface area contributed by atoms with Crippen LogP contribution < -0.4 is 0 Å². The molecule has 1 heterocycles. The molecule has 1 aliphatic rings. The van der Waals surface area contributed by atoms with Crippen molar-refractivity contribution in [2.24, 2.45) is 0 Å².